The summed E-state index contributed by atoms with van der Waals surface area (Å²) in [4.78, 5) is 42.1. The number of nitrogens with one attached hydrogen (secondary N) is 1. The summed E-state index contributed by atoms with van der Waals surface area (Å²) in [5.41, 5.74) is 1.82. The first kappa shape index (κ1) is 26.5. The zero-order valence-electron chi connectivity index (χ0n) is 21.9. The van der Waals surface area contributed by atoms with E-state index < -0.39 is 23.4 Å². The molecule has 4 rings (SSSR count). The number of amides is 2. The van der Waals surface area contributed by atoms with E-state index in [1.165, 1.54) is 28.6 Å². The Morgan fingerprint density at radius 3 is 2.34 bits per heavy atom. The average Bonchev–Trinajstić information content (AvgIpc) is 3.30. The molecular formula is C29H31N5O4. The number of aromatic hydroxyl groups is 1. The Bertz CT molecular complexity index is 1480. The number of fused-ring (bicyclic) bond motifs is 1. The molecule has 1 heterocycles. The predicted molar refractivity (Wildman–Crippen MR) is 145 cm³/mol. The number of carbonyl (C=O) groups excluding carboxylic acids is 3. The van der Waals surface area contributed by atoms with Crippen LogP contribution in [0.15, 0.2) is 72.8 Å². The van der Waals surface area contributed by atoms with Crippen molar-refractivity contribution in [3.63, 3.8) is 0 Å². The van der Waals surface area contributed by atoms with Crippen LogP contribution < -0.4 is 10.2 Å². The van der Waals surface area contributed by atoms with Crippen LogP contribution in [0, 0.1) is 0 Å². The number of aromatic nitrogens is 3. The fourth-order valence-electron chi connectivity index (χ4n) is 4.20. The maximum Gasteiger partial charge on any atom is 0.249 e. The lowest BCUT2D eigenvalue weighted by Gasteiger charge is -2.35. The van der Waals surface area contributed by atoms with E-state index in [0.29, 0.717) is 34.3 Å². The fourth-order valence-corrected chi connectivity index (χ4v) is 4.20. The first-order chi connectivity index (χ1) is 18.1. The molecule has 0 fully saturated rings. The van der Waals surface area contributed by atoms with Gasteiger partial charge in [-0.1, -0.05) is 48.5 Å². The number of anilines is 1. The zero-order chi connectivity index (χ0) is 27.4. The average molecular weight is 514 g/mol. The third kappa shape index (κ3) is 5.56. The quantitative estimate of drug-likeness (QED) is 0.320. The van der Waals surface area contributed by atoms with Gasteiger partial charge in [0.1, 0.15) is 23.9 Å². The maximum atomic E-state index is 14.1. The van der Waals surface area contributed by atoms with Crippen LogP contribution in [-0.2, 0) is 16.1 Å². The number of hydrogen-bond acceptors (Lipinski definition) is 6. The molecule has 1 atom stereocenters. The minimum absolute atomic E-state index is 0.0258. The summed E-state index contributed by atoms with van der Waals surface area (Å²) in [7, 11) is 0. The van der Waals surface area contributed by atoms with Crippen molar-refractivity contribution in [2.75, 3.05) is 4.90 Å². The minimum atomic E-state index is -1.13. The number of rotatable bonds is 9. The Morgan fingerprint density at radius 1 is 1.00 bits per heavy atom. The van der Waals surface area contributed by atoms with Gasteiger partial charge in [-0.15, -0.1) is 5.10 Å². The van der Waals surface area contributed by atoms with Crippen molar-refractivity contribution >= 4 is 34.3 Å². The molecule has 9 nitrogen and oxygen atoms in total. The van der Waals surface area contributed by atoms with Crippen LogP contribution in [0.1, 0.15) is 56.1 Å². The Hall–Kier alpha value is -4.53. The van der Waals surface area contributed by atoms with Gasteiger partial charge in [0, 0.05) is 11.1 Å². The van der Waals surface area contributed by atoms with E-state index in [9.17, 15) is 19.5 Å². The van der Waals surface area contributed by atoms with Crippen molar-refractivity contribution in [2.24, 2.45) is 0 Å². The van der Waals surface area contributed by atoms with Gasteiger partial charge in [0.15, 0.2) is 5.78 Å². The molecular weight excluding hydrogens is 482 g/mol. The summed E-state index contributed by atoms with van der Waals surface area (Å²) in [6.45, 7) is 6.96. The van der Waals surface area contributed by atoms with Gasteiger partial charge in [-0.05, 0) is 69.2 Å². The van der Waals surface area contributed by atoms with Gasteiger partial charge in [-0.2, -0.15) is 0 Å². The molecule has 0 radical (unpaired) electrons. The second kappa shape index (κ2) is 10.8. The van der Waals surface area contributed by atoms with E-state index in [1.807, 2.05) is 39.0 Å². The van der Waals surface area contributed by atoms with E-state index >= 15 is 0 Å². The SMILES string of the molecule is CCC(C)(C)NC(=O)C(c1ccc(O)cc1)N(C(=O)Cn1nnc2ccccc21)c1ccccc1C(C)=O. The van der Waals surface area contributed by atoms with Gasteiger partial charge < -0.3 is 10.4 Å². The van der Waals surface area contributed by atoms with Gasteiger partial charge in [0.05, 0.1) is 11.2 Å². The molecule has 1 unspecified atom stereocenters. The number of Topliss-reactive ketones (excluding diaryl/α,β-unsaturated/α-hetero) is 1. The number of hydrogen-bond donors (Lipinski definition) is 2. The smallest absolute Gasteiger partial charge is 0.249 e. The van der Waals surface area contributed by atoms with Crippen LogP contribution >= 0.6 is 0 Å². The normalized spacial score (nSPS) is 12.2. The van der Waals surface area contributed by atoms with Crippen molar-refractivity contribution in [3.8, 4) is 5.75 Å². The van der Waals surface area contributed by atoms with Crippen LogP contribution in [0.3, 0.4) is 0 Å². The van der Waals surface area contributed by atoms with Crippen LogP contribution in [0.4, 0.5) is 5.69 Å². The minimum Gasteiger partial charge on any atom is -0.508 e. The van der Waals surface area contributed by atoms with Crippen molar-refractivity contribution in [1.82, 2.24) is 20.3 Å². The van der Waals surface area contributed by atoms with Gasteiger partial charge in [-0.25, -0.2) is 4.68 Å². The van der Waals surface area contributed by atoms with Gasteiger partial charge in [-0.3, -0.25) is 19.3 Å². The van der Waals surface area contributed by atoms with E-state index in [4.69, 9.17) is 0 Å². The number of phenolic OH excluding ortho intramolecular Hbond substituents is 1. The first-order valence-corrected chi connectivity index (χ1v) is 12.4. The topological polar surface area (TPSA) is 117 Å². The third-order valence-corrected chi connectivity index (χ3v) is 6.58. The molecule has 196 valence electrons. The monoisotopic (exact) mass is 513 g/mol. The molecule has 9 heteroatoms. The van der Waals surface area contributed by atoms with E-state index in [-0.39, 0.29) is 18.1 Å². The lowest BCUT2D eigenvalue weighted by Crippen LogP contribution is -2.51. The summed E-state index contributed by atoms with van der Waals surface area (Å²) >= 11 is 0. The van der Waals surface area contributed by atoms with Crippen LogP contribution in [0.25, 0.3) is 11.0 Å². The molecule has 2 N–H and O–H groups in total. The molecule has 0 saturated heterocycles. The molecule has 2 amide bonds. The standard InChI is InChI=1S/C29H31N5O4/c1-5-29(3,4)30-28(38)27(20-14-16-21(36)17-15-20)34(24-12-8-6-10-22(24)19(2)35)26(37)18-33-25-13-9-7-11-23(25)31-32-33/h6-17,27,36H,5,18H2,1-4H3,(H,30,38). The predicted octanol–water partition coefficient (Wildman–Crippen LogP) is 4.42. The summed E-state index contributed by atoms with van der Waals surface area (Å²) in [5.74, 6) is -1.10. The van der Waals surface area contributed by atoms with Crippen LogP contribution in [0.5, 0.6) is 5.75 Å². The van der Waals surface area contributed by atoms with E-state index in [0.717, 1.165) is 0 Å². The van der Waals surface area contributed by atoms with Crippen molar-refractivity contribution in [2.45, 2.75) is 52.2 Å². The lowest BCUT2D eigenvalue weighted by atomic mass is 9.97. The van der Waals surface area contributed by atoms with Gasteiger partial charge in [0.2, 0.25) is 11.8 Å². The number of para-hydroxylation sites is 2. The number of benzene rings is 3. The molecule has 0 aliphatic heterocycles. The second-order valence-electron chi connectivity index (χ2n) is 9.79. The molecule has 38 heavy (non-hydrogen) atoms. The summed E-state index contributed by atoms with van der Waals surface area (Å²) in [6, 6.07) is 19.0. The summed E-state index contributed by atoms with van der Waals surface area (Å²) < 4.78 is 1.48. The van der Waals surface area contributed by atoms with Crippen LogP contribution in [0.2, 0.25) is 0 Å². The highest BCUT2D eigenvalue weighted by molar-refractivity contribution is 6.08. The largest absolute Gasteiger partial charge is 0.508 e. The summed E-state index contributed by atoms with van der Waals surface area (Å²) in [5, 5.41) is 21.2. The van der Waals surface area contributed by atoms with Gasteiger partial charge >= 0.3 is 0 Å². The second-order valence-corrected chi connectivity index (χ2v) is 9.79. The van der Waals surface area contributed by atoms with Crippen molar-refractivity contribution in [1.29, 1.82) is 0 Å². The Balaban J connectivity index is 1.88. The number of ketones is 1. The highest BCUT2D eigenvalue weighted by atomic mass is 16.3. The molecule has 3 aromatic carbocycles. The first-order valence-electron chi connectivity index (χ1n) is 12.4. The Labute approximate surface area is 221 Å². The molecule has 0 saturated carbocycles. The molecule has 4 aromatic rings. The zero-order valence-corrected chi connectivity index (χ0v) is 21.9. The summed E-state index contributed by atoms with van der Waals surface area (Å²) in [6.07, 6.45) is 0.657. The highest BCUT2D eigenvalue weighted by Crippen LogP contribution is 2.33. The number of phenols is 1. The van der Waals surface area contributed by atoms with Gasteiger partial charge in [0.25, 0.3) is 0 Å². The molecule has 0 aliphatic rings. The Kier molecular flexibility index (Phi) is 7.57. The highest BCUT2D eigenvalue weighted by Gasteiger charge is 2.36. The Morgan fingerprint density at radius 2 is 1.66 bits per heavy atom. The number of carbonyl (C=O) groups is 3. The van der Waals surface area contributed by atoms with E-state index in [1.54, 1.807) is 42.5 Å². The van der Waals surface area contributed by atoms with Crippen molar-refractivity contribution < 1.29 is 19.5 Å². The number of nitrogens with zero attached hydrogens (tertiary/aromatic N) is 4. The van der Waals surface area contributed by atoms with E-state index in [2.05, 4.69) is 15.6 Å². The molecule has 0 spiro atoms. The fraction of sp³-hybridized carbons (Fsp3) is 0.276. The van der Waals surface area contributed by atoms with Crippen LogP contribution in [-0.4, -0.2) is 43.2 Å². The van der Waals surface area contributed by atoms with Crippen molar-refractivity contribution in [3.05, 3.63) is 83.9 Å². The third-order valence-electron chi connectivity index (χ3n) is 6.58. The molecule has 1 aromatic heterocycles. The lowest BCUT2D eigenvalue weighted by molar-refractivity contribution is -0.128. The molecule has 0 aliphatic carbocycles. The maximum absolute atomic E-state index is 14.1. The molecule has 0 bridgehead atoms.